The summed E-state index contributed by atoms with van der Waals surface area (Å²) in [6.45, 7) is 1.42. The van der Waals surface area contributed by atoms with E-state index in [1.54, 1.807) is 37.1 Å². The Bertz CT molecular complexity index is 734. The van der Waals surface area contributed by atoms with Gasteiger partial charge in [-0.1, -0.05) is 0 Å². The van der Waals surface area contributed by atoms with E-state index in [4.69, 9.17) is 9.47 Å². The van der Waals surface area contributed by atoms with E-state index in [9.17, 15) is 4.79 Å². The topological polar surface area (TPSA) is 77.4 Å². The quantitative estimate of drug-likeness (QED) is 0.843. The molecular weight excluding hydrogens is 344 g/mol. The fraction of sp³-hybridized carbons (Fsp3) is 0.412. The number of anilines is 1. The Morgan fingerprint density at radius 2 is 2.04 bits per heavy atom. The van der Waals surface area contributed by atoms with Crippen LogP contribution in [0.1, 0.15) is 11.5 Å². The summed E-state index contributed by atoms with van der Waals surface area (Å²) in [5, 5.41) is 10.5. The fourth-order valence-electron chi connectivity index (χ4n) is 3.08. The molecule has 7 nitrogen and oxygen atoms in total. The van der Waals surface area contributed by atoms with Gasteiger partial charge in [-0.3, -0.25) is 9.48 Å². The average molecular weight is 367 g/mol. The van der Waals surface area contributed by atoms with Gasteiger partial charge < -0.3 is 20.1 Å². The number of benzene rings is 1. The molecule has 0 bridgehead atoms. The lowest BCUT2D eigenvalue weighted by Gasteiger charge is -2.17. The number of aryl methyl sites for hydroxylation is 1. The molecule has 1 amide bonds. The number of hydrogen-bond acceptors (Lipinski definition) is 5. The maximum Gasteiger partial charge on any atom is 0.229 e. The van der Waals surface area contributed by atoms with Crippen molar-refractivity contribution in [3.8, 4) is 11.5 Å². The van der Waals surface area contributed by atoms with Crippen LogP contribution in [0.4, 0.5) is 5.69 Å². The van der Waals surface area contributed by atoms with Crippen LogP contribution in [0.3, 0.4) is 0 Å². The van der Waals surface area contributed by atoms with Crippen molar-refractivity contribution in [3.05, 3.63) is 36.2 Å². The molecule has 25 heavy (non-hydrogen) atoms. The third-order valence-electron chi connectivity index (χ3n) is 4.36. The Morgan fingerprint density at radius 1 is 1.28 bits per heavy atom. The van der Waals surface area contributed by atoms with E-state index < -0.39 is 0 Å². The van der Waals surface area contributed by atoms with E-state index >= 15 is 0 Å². The number of aromatic nitrogens is 2. The molecule has 1 saturated heterocycles. The highest BCUT2D eigenvalue weighted by Crippen LogP contribution is 2.32. The Balaban J connectivity index is 0.00000225. The number of halogens is 1. The highest BCUT2D eigenvalue weighted by Gasteiger charge is 2.34. The number of hydrogen-bond donors (Lipinski definition) is 2. The summed E-state index contributed by atoms with van der Waals surface area (Å²) in [6.07, 6.45) is 3.79. The summed E-state index contributed by atoms with van der Waals surface area (Å²) in [4.78, 5) is 12.7. The minimum Gasteiger partial charge on any atom is -0.493 e. The molecule has 2 N–H and O–H groups in total. The van der Waals surface area contributed by atoms with Crippen LogP contribution in [0, 0.1) is 5.92 Å². The molecule has 0 radical (unpaired) electrons. The number of ether oxygens (including phenoxy) is 2. The SMILES string of the molecule is COc1ccc(NC(=O)[C@H]2CNC[C@@H]2c2cnn(C)c2)cc1OC.Cl. The van der Waals surface area contributed by atoms with Gasteiger partial charge in [-0.2, -0.15) is 5.10 Å². The molecule has 0 spiro atoms. The van der Waals surface area contributed by atoms with Gasteiger partial charge in [0, 0.05) is 44.0 Å². The Morgan fingerprint density at radius 3 is 2.68 bits per heavy atom. The second-order valence-electron chi connectivity index (χ2n) is 5.88. The monoisotopic (exact) mass is 366 g/mol. The van der Waals surface area contributed by atoms with Gasteiger partial charge in [0.05, 0.1) is 26.3 Å². The first-order valence-corrected chi connectivity index (χ1v) is 7.84. The average Bonchev–Trinajstić information content (AvgIpc) is 3.23. The fourth-order valence-corrected chi connectivity index (χ4v) is 3.08. The first-order valence-electron chi connectivity index (χ1n) is 7.84. The Labute approximate surface area is 153 Å². The zero-order valence-corrected chi connectivity index (χ0v) is 15.3. The Kier molecular flexibility index (Phi) is 6.27. The molecule has 1 aromatic heterocycles. The molecule has 8 heteroatoms. The normalized spacial score (nSPS) is 19.2. The molecule has 1 aliphatic rings. The van der Waals surface area contributed by atoms with Crippen molar-refractivity contribution < 1.29 is 14.3 Å². The van der Waals surface area contributed by atoms with Crippen LogP contribution in [0.5, 0.6) is 11.5 Å². The van der Waals surface area contributed by atoms with Crippen molar-refractivity contribution in [1.29, 1.82) is 0 Å². The molecule has 0 saturated carbocycles. The minimum atomic E-state index is -0.137. The second kappa shape index (κ2) is 8.22. The van der Waals surface area contributed by atoms with Gasteiger partial charge in [0.15, 0.2) is 11.5 Å². The molecule has 2 heterocycles. The summed E-state index contributed by atoms with van der Waals surface area (Å²) in [5.41, 5.74) is 1.77. The van der Waals surface area contributed by atoms with Crippen LogP contribution < -0.4 is 20.1 Å². The maximum absolute atomic E-state index is 12.7. The third-order valence-corrected chi connectivity index (χ3v) is 4.36. The van der Waals surface area contributed by atoms with Gasteiger partial charge in [0.25, 0.3) is 0 Å². The smallest absolute Gasteiger partial charge is 0.229 e. The Hall–Kier alpha value is -2.25. The van der Waals surface area contributed by atoms with E-state index in [1.807, 2.05) is 19.4 Å². The van der Waals surface area contributed by atoms with Crippen molar-refractivity contribution in [2.24, 2.45) is 13.0 Å². The molecule has 1 aliphatic heterocycles. The maximum atomic E-state index is 12.7. The van der Waals surface area contributed by atoms with Crippen LogP contribution in [-0.4, -0.2) is 43.0 Å². The van der Waals surface area contributed by atoms with Crippen molar-refractivity contribution >= 4 is 24.0 Å². The molecule has 2 aromatic rings. The van der Waals surface area contributed by atoms with E-state index in [2.05, 4.69) is 15.7 Å². The lowest BCUT2D eigenvalue weighted by Crippen LogP contribution is -2.28. The summed E-state index contributed by atoms with van der Waals surface area (Å²) in [6, 6.07) is 5.35. The van der Waals surface area contributed by atoms with E-state index in [0.29, 0.717) is 23.7 Å². The predicted molar refractivity (Wildman–Crippen MR) is 97.7 cm³/mol. The summed E-state index contributed by atoms with van der Waals surface area (Å²) >= 11 is 0. The lowest BCUT2D eigenvalue weighted by atomic mass is 9.90. The van der Waals surface area contributed by atoms with Crippen LogP contribution >= 0.6 is 12.4 Å². The number of amides is 1. The standard InChI is InChI=1S/C17H22N4O3.ClH/c1-21-10-11(7-19-21)13-8-18-9-14(13)17(22)20-12-4-5-15(23-2)16(6-12)24-3;/h4-7,10,13-14,18H,8-9H2,1-3H3,(H,20,22);1H/t13-,14+;/m1./s1. The van der Waals surface area contributed by atoms with E-state index in [-0.39, 0.29) is 30.2 Å². The predicted octanol–water partition coefficient (Wildman–Crippen LogP) is 1.80. The van der Waals surface area contributed by atoms with E-state index in [0.717, 1.165) is 12.1 Å². The van der Waals surface area contributed by atoms with Crippen molar-refractivity contribution in [1.82, 2.24) is 15.1 Å². The highest BCUT2D eigenvalue weighted by atomic mass is 35.5. The van der Waals surface area contributed by atoms with Crippen molar-refractivity contribution in [2.75, 3.05) is 32.6 Å². The van der Waals surface area contributed by atoms with Crippen LogP contribution in [0.15, 0.2) is 30.6 Å². The zero-order chi connectivity index (χ0) is 17.1. The van der Waals surface area contributed by atoms with Gasteiger partial charge in [0.2, 0.25) is 5.91 Å². The number of carbonyl (C=O) groups is 1. The molecular formula is C17H23ClN4O3. The molecule has 0 unspecified atom stereocenters. The number of nitrogens with one attached hydrogen (secondary N) is 2. The first kappa shape index (κ1) is 19.1. The van der Waals surface area contributed by atoms with Gasteiger partial charge in [-0.15, -0.1) is 12.4 Å². The van der Waals surface area contributed by atoms with Crippen LogP contribution in [-0.2, 0) is 11.8 Å². The lowest BCUT2D eigenvalue weighted by molar-refractivity contribution is -0.119. The van der Waals surface area contributed by atoms with Crippen molar-refractivity contribution in [2.45, 2.75) is 5.92 Å². The van der Waals surface area contributed by atoms with Gasteiger partial charge in [-0.05, 0) is 17.7 Å². The van der Waals surface area contributed by atoms with E-state index in [1.165, 1.54) is 0 Å². The van der Waals surface area contributed by atoms with Gasteiger partial charge >= 0.3 is 0 Å². The third kappa shape index (κ3) is 4.05. The molecule has 136 valence electrons. The van der Waals surface area contributed by atoms with Gasteiger partial charge in [0.1, 0.15) is 0 Å². The number of nitrogens with zero attached hydrogens (tertiary/aromatic N) is 2. The largest absolute Gasteiger partial charge is 0.493 e. The van der Waals surface area contributed by atoms with Crippen LogP contribution in [0.2, 0.25) is 0 Å². The zero-order valence-electron chi connectivity index (χ0n) is 14.5. The molecule has 0 aliphatic carbocycles. The molecule has 2 atom stereocenters. The van der Waals surface area contributed by atoms with Gasteiger partial charge in [-0.25, -0.2) is 0 Å². The van der Waals surface area contributed by atoms with Crippen LogP contribution in [0.25, 0.3) is 0 Å². The van der Waals surface area contributed by atoms with Crippen molar-refractivity contribution in [3.63, 3.8) is 0 Å². The second-order valence-corrected chi connectivity index (χ2v) is 5.88. The molecule has 3 rings (SSSR count). The minimum absolute atomic E-state index is 0. The molecule has 1 fully saturated rings. The summed E-state index contributed by atoms with van der Waals surface area (Å²) in [5.74, 6) is 1.19. The summed E-state index contributed by atoms with van der Waals surface area (Å²) in [7, 11) is 5.03. The first-order chi connectivity index (χ1) is 11.6. The highest BCUT2D eigenvalue weighted by molar-refractivity contribution is 5.94. The summed E-state index contributed by atoms with van der Waals surface area (Å²) < 4.78 is 12.3. The number of rotatable bonds is 5. The molecule has 1 aromatic carbocycles. The number of methoxy groups -OCH3 is 2. The number of carbonyl (C=O) groups excluding carboxylic acids is 1.